The number of nitrogens with zero attached hydrogens (tertiary/aromatic N) is 1. The second-order valence-corrected chi connectivity index (χ2v) is 8.72. The number of fused-ring (bicyclic) bond motifs is 1. The van der Waals surface area contributed by atoms with E-state index >= 15 is 0 Å². The molecule has 0 spiro atoms. The van der Waals surface area contributed by atoms with Crippen LogP contribution in [0.25, 0.3) is 10.9 Å². The highest BCUT2D eigenvalue weighted by molar-refractivity contribution is 7.15. The lowest BCUT2D eigenvalue weighted by Crippen LogP contribution is -2.44. The van der Waals surface area contributed by atoms with E-state index in [0.29, 0.717) is 11.6 Å². The molecule has 0 aliphatic carbocycles. The van der Waals surface area contributed by atoms with Gasteiger partial charge in [-0.15, -0.1) is 11.3 Å². The molecule has 0 saturated carbocycles. The first-order valence-corrected chi connectivity index (χ1v) is 10.9. The lowest BCUT2D eigenvalue weighted by Gasteiger charge is -2.16. The summed E-state index contributed by atoms with van der Waals surface area (Å²) in [6.45, 7) is 3.48. The molecule has 31 heavy (non-hydrogen) atoms. The number of anilines is 1. The fraction of sp³-hybridized carbons (Fsp3) is 0.208. The van der Waals surface area contributed by atoms with Crippen molar-refractivity contribution in [3.05, 3.63) is 82.5 Å². The van der Waals surface area contributed by atoms with Gasteiger partial charge in [0.1, 0.15) is 6.04 Å². The summed E-state index contributed by atoms with van der Waals surface area (Å²) in [7, 11) is 0. The highest BCUT2D eigenvalue weighted by Gasteiger charge is 2.22. The molecule has 4 aromatic rings. The lowest BCUT2D eigenvalue weighted by atomic mass is 10.0. The Hall–Kier alpha value is -3.45. The summed E-state index contributed by atoms with van der Waals surface area (Å²) in [5.41, 5.74) is 4.40. The monoisotopic (exact) mass is 432 g/mol. The molecule has 158 valence electrons. The molecule has 3 N–H and O–H groups in total. The standard InChI is InChI=1S/C24H24N4O2S/c1-15-7-9-17(10-8-15)11-19-14-26-24(31-19)28-23(30)22(27-16(2)29)12-18-13-25-21-6-4-3-5-20(18)21/h3-10,13-14,22,25H,11-12H2,1-2H3,(H,27,29)(H,26,28,30)/t22-/m0/s1. The summed E-state index contributed by atoms with van der Waals surface area (Å²) in [6, 6.07) is 15.6. The van der Waals surface area contributed by atoms with Gasteiger partial charge >= 0.3 is 0 Å². The Morgan fingerprint density at radius 1 is 1.13 bits per heavy atom. The topological polar surface area (TPSA) is 86.9 Å². The normalized spacial score (nSPS) is 11.9. The molecule has 0 aliphatic rings. The lowest BCUT2D eigenvalue weighted by molar-refractivity contribution is -0.125. The predicted molar refractivity (Wildman–Crippen MR) is 124 cm³/mol. The molecule has 7 heteroatoms. The maximum absolute atomic E-state index is 12.9. The van der Waals surface area contributed by atoms with Crippen molar-refractivity contribution >= 4 is 39.2 Å². The minimum absolute atomic E-state index is 0.251. The van der Waals surface area contributed by atoms with Crippen molar-refractivity contribution in [2.45, 2.75) is 32.7 Å². The number of hydrogen-bond donors (Lipinski definition) is 3. The van der Waals surface area contributed by atoms with Crippen LogP contribution in [0, 0.1) is 6.92 Å². The van der Waals surface area contributed by atoms with Gasteiger partial charge < -0.3 is 15.6 Å². The van der Waals surface area contributed by atoms with Crippen LogP contribution in [0.4, 0.5) is 5.13 Å². The van der Waals surface area contributed by atoms with Crippen molar-refractivity contribution in [3.8, 4) is 0 Å². The van der Waals surface area contributed by atoms with Crippen molar-refractivity contribution in [2.75, 3.05) is 5.32 Å². The van der Waals surface area contributed by atoms with E-state index in [0.717, 1.165) is 27.8 Å². The van der Waals surface area contributed by atoms with Gasteiger partial charge in [0, 0.05) is 47.9 Å². The van der Waals surface area contributed by atoms with E-state index < -0.39 is 6.04 Å². The van der Waals surface area contributed by atoms with Crippen molar-refractivity contribution in [1.29, 1.82) is 0 Å². The van der Waals surface area contributed by atoms with Gasteiger partial charge in [0.2, 0.25) is 11.8 Å². The van der Waals surface area contributed by atoms with Crippen LogP contribution in [-0.4, -0.2) is 27.8 Å². The van der Waals surface area contributed by atoms with E-state index in [1.54, 1.807) is 6.20 Å². The van der Waals surface area contributed by atoms with Crippen molar-refractivity contribution in [1.82, 2.24) is 15.3 Å². The highest BCUT2D eigenvalue weighted by Crippen LogP contribution is 2.23. The Bertz CT molecular complexity index is 1210. The molecule has 4 rings (SSSR count). The number of H-pyrrole nitrogens is 1. The molecule has 0 radical (unpaired) electrons. The fourth-order valence-corrected chi connectivity index (χ4v) is 4.37. The second kappa shape index (κ2) is 9.14. The highest BCUT2D eigenvalue weighted by atomic mass is 32.1. The molecule has 2 heterocycles. The summed E-state index contributed by atoms with van der Waals surface area (Å²) < 4.78 is 0. The zero-order valence-corrected chi connectivity index (χ0v) is 18.3. The third kappa shape index (κ3) is 5.19. The van der Waals surface area contributed by atoms with Gasteiger partial charge in [0.05, 0.1) is 0 Å². The maximum Gasteiger partial charge on any atom is 0.249 e. The largest absolute Gasteiger partial charge is 0.361 e. The molecule has 2 amide bonds. The number of benzene rings is 2. The van der Waals surface area contributed by atoms with Crippen LogP contribution in [0.2, 0.25) is 0 Å². The number of carbonyl (C=O) groups excluding carboxylic acids is 2. The number of carbonyl (C=O) groups is 2. The predicted octanol–water partition coefficient (Wildman–Crippen LogP) is 4.21. The van der Waals surface area contributed by atoms with Crippen LogP contribution in [0.1, 0.15) is 28.5 Å². The third-order valence-electron chi connectivity index (χ3n) is 5.08. The molecule has 6 nitrogen and oxygen atoms in total. The zero-order chi connectivity index (χ0) is 21.8. The Morgan fingerprint density at radius 3 is 2.68 bits per heavy atom. The number of nitrogens with one attached hydrogen (secondary N) is 3. The Labute approximate surface area is 184 Å². The number of para-hydroxylation sites is 1. The molecule has 0 fully saturated rings. The number of rotatable bonds is 7. The number of aromatic amines is 1. The maximum atomic E-state index is 12.9. The molecule has 0 saturated heterocycles. The van der Waals surface area contributed by atoms with E-state index in [9.17, 15) is 9.59 Å². The molecule has 0 bridgehead atoms. The number of hydrogen-bond acceptors (Lipinski definition) is 4. The average molecular weight is 433 g/mol. The average Bonchev–Trinajstić information content (AvgIpc) is 3.36. The van der Waals surface area contributed by atoms with E-state index in [2.05, 4.69) is 51.8 Å². The first kappa shape index (κ1) is 20.8. The Kier molecular flexibility index (Phi) is 6.13. The SMILES string of the molecule is CC(=O)N[C@@H](Cc1c[nH]c2ccccc12)C(=O)Nc1ncc(Cc2ccc(C)cc2)s1. The number of aromatic nitrogens is 2. The summed E-state index contributed by atoms with van der Waals surface area (Å²) in [5.74, 6) is -0.532. The number of thiazole rings is 1. The van der Waals surface area contributed by atoms with E-state index in [1.807, 2.05) is 30.5 Å². The molecule has 1 atom stereocenters. The minimum atomic E-state index is -0.693. The second-order valence-electron chi connectivity index (χ2n) is 7.60. The number of aryl methyl sites for hydroxylation is 1. The fourth-order valence-electron chi connectivity index (χ4n) is 3.52. The van der Waals surface area contributed by atoms with Gasteiger partial charge in [-0.05, 0) is 24.1 Å². The first-order chi connectivity index (χ1) is 15.0. The van der Waals surface area contributed by atoms with Crippen LogP contribution in [0.15, 0.2) is 60.9 Å². The Balaban J connectivity index is 1.46. The summed E-state index contributed by atoms with van der Waals surface area (Å²) in [5, 5.41) is 7.20. The first-order valence-electron chi connectivity index (χ1n) is 10.1. The van der Waals surface area contributed by atoms with Gasteiger partial charge in [0.25, 0.3) is 0 Å². The molecule has 2 aromatic carbocycles. The van der Waals surface area contributed by atoms with E-state index in [4.69, 9.17) is 0 Å². The van der Waals surface area contributed by atoms with Crippen molar-refractivity contribution in [2.24, 2.45) is 0 Å². The zero-order valence-electron chi connectivity index (χ0n) is 17.4. The molecular weight excluding hydrogens is 408 g/mol. The molecular formula is C24H24N4O2S. The summed E-state index contributed by atoms with van der Waals surface area (Å²) in [4.78, 5) is 33.3. The Morgan fingerprint density at radius 2 is 1.90 bits per heavy atom. The van der Waals surface area contributed by atoms with Crippen LogP contribution >= 0.6 is 11.3 Å². The molecule has 2 aromatic heterocycles. The van der Waals surface area contributed by atoms with Crippen molar-refractivity contribution in [3.63, 3.8) is 0 Å². The van der Waals surface area contributed by atoms with E-state index in [1.165, 1.54) is 29.4 Å². The van der Waals surface area contributed by atoms with Crippen LogP contribution in [-0.2, 0) is 22.4 Å². The van der Waals surface area contributed by atoms with Gasteiger partial charge in [-0.1, -0.05) is 48.0 Å². The van der Waals surface area contributed by atoms with Gasteiger partial charge in [-0.25, -0.2) is 4.98 Å². The van der Waals surface area contributed by atoms with Crippen LogP contribution < -0.4 is 10.6 Å². The molecule has 0 aliphatic heterocycles. The number of amides is 2. The quantitative estimate of drug-likeness (QED) is 0.409. The summed E-state index contributed by atoms with van der Waals surface area (Å²) >= 11 is 1.45. The van der Waals surface area contributed by atoms with Gasteiger partial charge in [-0.3, -0.25) is 9.59 Å². The third-order valence-corrected chi connectivity index (χ3v) is 5.99. The van der Waals surface area contributed by atoms with Crippen molar-refractivity contribution < 1.29 is 9.59 Å². The van der Waals surface area contributed by atoms with Crippen LogP contribution in [0.5, 0.6) is 0 Å². The smallest absolute Gasteiger partial charge is 0.249 e. The molecule has 0 unspecified atom stereocenters. The van der Waals surface area contributed by atoms with E-state index in [-0.39, 0.29) is 11.8 Å². The minimum Gasteiger partial charge on any atom is -0.361 e. The van der Waals surface area contributed by atoms with Crippen LogP contribution in [0.3, 0.4) is 0 Å². The summed E-state index contributed by atoms with van der Waals surface area (Å²) in [6.07, 6.45) is 4.82. The van der Waals surface area contributed by atoms with Gasteiger partial charge in [0.15, 0.2) is 5.13 Å². The van der Waals surface area contributed by atoms with Gasteiger partial charge in [-0.2, -0.15) is 0 Å².